The zero-order valence-corrected chi connectivity index (χ0v) is 11.4. The van der Waals surface area contributed by atoms with Crippen molar-refractivity contribution in [2.45, 2.75) is 6.92 Å². The van der Waals surface area contributed by atoms with Crippen LogP contribution in [0.2, 0.25) is 5.02 Å². The van der Waals surface area contributed by atoms with Crippen LogP contribution in [0.3, 0.4) is 0 Å². The average molecular weight is 266 g/mol. The van der Waals surface area contributed by atoms with Crippen molar-refractivity contribution in [2.75, 3.05) is 14.1 Å². The van der Waals surface area contributed by atoms with Crippen molar-refractivity contribution in [1.29, 1.82) is 0 Å². The molecule has 6 heteroatoms. The maximum Gasteiger partial charge on any atom is 0.153 e. The number of amidine groups is 2. The van der Waals surface area contributed by atoms with E-state index in [0.29, 0.717) is 16.4 Å². The van der Waals surface area contributed by atoms with Crippen LogP contribution in [0.25, 0.3) is 0 Å². The number of hydrogen-bond acceptors (Lipinski definition) is 3. The molecular formula is C12H16ClN5. The third-order valence-corrected chi connectivity index (χ3v) is 2.84. The fraction of sp³-hybridized carbons (Fsp3) is 0.250. The number of benzene rings is 1. The van der Waals surface area contributed by atoms with Crippen LogP contribution in [0.1, 0.15) is 5.56 Å². The second-order valence-corrected chi connectivity index (χ2v) is 3.97. The highest BCUT2D eigenvalue weighted by molar-refractivity contribution is 6.67. The molecule has 0 aliphatic rings. The first-order valence-electron chi connectivity index (χ1n) is 5.30. The van der Waals surface area contributed by atoms with Crippen molar-refractivity contribution >= 4 is 34.7 Å². The number of nitrogens with zero attached hydrogens (tertiary/aromatic N) is 3. The molecule has 1 rings (SSSR count). The lowest BCUT2D eigenvalue weighted by molar-refractivity contribution is 1.37. The van der Waals surface area contributed by atoms with E-state index in [1.807, 2.05) is 19.1 Å². The zero-order valence-electron chi connectivity index (χ0n) is 10.6. The summed E-state index contributed by atoms with van der Waals surface area (Å²) in [6, 6.07) is 5.42. The van der Waals surface area contributed by atoms with E-state index in [4.69, 9.17) is 23.1 Å². The summed E-state index contributed by atoms with van der Waals surface area (Å²) >= 11 is 6.01. The summed E-state index contributed by atoms with van der Waals surface area (Å²) in [5, 5.41) is 0.635. The first kappa shape index (κ1) is 14.2. The minimum Gasteiger partial charge on any atom is -0.382 e. The monoisotopic (exact) mass is 265 g/mol. The average Bonchev–Trinajstić information content (AvgIpc) is 2.35. The number of aliphatic imine (C=N–C) groups is 3. The minimum atomic E-state index is 0.214. The number of halogens is 1. The Balaban J connectivity index is 3.21. The summed E-state index contributed by atoms with van der Waals surface area (Å²) in [5.74, 6) is 0.462. The van der Waals surface area contributed by atoms with Crippen molar-refractivity contribution in [3.8, 4) is 0 Å². The van der Waals surface area contributed by atoms with Gasteiger partial charge < -0.3 is 11.5 Å². The summed E-state index contributed by atoms with van der Waals surface area (Å²) in [6.45, 7) is 1.87. The molecule has 5 nitrogen and oxygen atoms in total. The number of hydrogen-bond donors (Lipinski definition) is 2. The van der Waals surface area contributed by atoms with Gasteiger partial charge in [-0.15, -0.1) is 0 Å². The molecule has 0 bridgehead atoms. The summed E-state index contributed by atoms with van der Waals surface area (Å²) in [5.41, 5.74) is 13.5. The Morgan fingerprint density at radius 2 is 1.78 bits per heavy atom. The van der Waals surface area contributed by atoms with Crippen LogP contribution in [-0.4, -0.2) is 31.5 Å². The van der Waals surface area contributed by atoms with Crippen LogP contribution in [0, 0.1) is 6.92 Å². The summed E-state index contributed by atoms with van der Waals surface area (Å²) in [4.78, 5) is 12.1. The molecular weight excluding hydrogens is 250 g/mol. The Kier molecular flexibility index (Phi) is 4.85. The Hall–Kier alpha value is -1.88. The number of nitrogens with two attached hydrogens (primary N) is 2. The molecule has 0 saturated heterocycles. The lowest BCUT2D eigenvalue weighted by Crippen LogP contribution is -2.35. The molecule has 96 valence electrons. The molecule has 0 unspecified atom stereocenters. The fourth-order valence-electron chi connectivity index (χ4n) is 1.37. The standard InChI is InChI=1S/C12H16ClN5/c1-7-8(13)5-4-6-9(7)18-12(15)10(16-2)11(14)17-3/h4-6H,1-3H3,(H2,14,17)(H2,15,18). The van der Waals surface area contributed by atoms with Gasteiger partial charge in [-0.3, -0.25) is 9.98 Å². The van der Waals surface area contributed by atoms with E-state index in [2.05, 4.69) is 15.0 Å². The topological polar surface area (TPSA) is 89.1 Å². The molecule has 0 atom stereocenters. The molecule has 18 heavy (non-hydrogen) atoms. The largest absolute Gasteiger partial charge is 0.382 e. The maximum atomic E-state index is 6.01. The smallest absolute Gasteiger partial charge is 0.153 e. The first-order chi connectivity index (χ1) is 8.51. The van der Waals surface area contributed by atoms with Gasteiger partial charge in [-0.05, 0) is 24.6 Å². The van der Waals surface area contributed by atoms with E-state index >= 15 is 0 Å². The van der Waals surface area contributed by atoms with Crippen molar-refractivity contribution in [3.05, 3.63) is 28.8 Å². The molecule has 0 aromatic heterocycles. The highest BCUT2D eigenvalue weighted by Gasteiger charge is 2.10. The third-order valence-electron chi connectivity index (χ3n) is 2.43. The third kappa shape index (κ3) is 3.07. The molecule has 0 spiro atoms. The quantitative estimate of drug-likeness (QED) is 0.643. The predicted octanol–water partition coefficient (Wildman–Crippen LogP) is 1.69. The molecule has 0 fully saturated rings. The van der Waals surface area contributed by atoms with E-state index in [1.54, 1.807) is 20.2 Å². The SMILES string of the molecule is CN=C(N)C(=NC)C(N)=Nc1cccc(Cl)c1C. The van der Waals surface area contributed by atoms with Gasteiger partial charge >= 0.3 is 0 Å². The van der Waals surface area contributed by atoms with Crippen LogP contribution in [-0.2, 0) is 0 Å². The van der Waals surface area contributed by atoms with Gasteiger partial charge in [-0.2, -0.15) is 0 Å². The van der Waals surface area contributed by atoms with E-state index in [9.17, 15) is 0 Å². The van der Waals surface area contributed by atoms with Gasteiger partial charge in [0.2, 0.25) is 0 Å². The van der Waals surface area contributed by atoms with E-state index in [-0.39, 0.29) is 11.7 Å². The highest BCUT2D eigenvalue weighted by Crippen LogP contribution is 2.25. The van der Waals surface area contributed by atoms with E-state index in [1.165, 1.54) is 0 Å². The summed E-state index contributed by atoms with van der Waals surface area (Å²) in [6.07, 6.45) is 0. The Morgan fingerprint density at radius 1 is 1.11 bits per heavy atom. The normalized spacial score (nSPS) is 13.9. The van der Waals surface area contributed by atoms with Gasteiger partial charge in [-0.1, -0.05) is 17.7 Å². The van der Waals surface area contributed by atoms with Crippen LogP contribution in [0.4, 0.5) is 5.69 Å². The van der Waals surface area contributed by atoms with Crippen molar-refractivity contribution in [2.24, 2.45) is 26.4 Å². The molecule has 0 aliphatic heterocycles. The van der Waals surface area contributed by atoms with E-state index < -0.39 is 0 Å². The molecule has 1 aromatic rings. The number of rotatable bonds is 3. The first-order valence-corrected chi connectivity index (χ1v) is 5.68. The molecule has 0 amide bonds. The van der Waals surface area contributed by atoms with Crippen LogP contribution in [0.5, 0.6) is 0 Å². The van der Waals surface area contributed by atoms with Crippen LogP contribution < -0.4 is 11.5 Å². The maximum absolute atomic E-state index is 6.01. The van der Waals surface area contributed by atoms with Gasteiger partial charge in [0.1, 0.15) is 11.5 Å². The summed E-state index contributed by atoms with van der Waals surface area (Å²) in [7, 11) is 3.15. The van der Waals surface area contributed by atoms with Crippen LogP contribution >= 0.6 is 11.6 Å². The second kappa shape index (κ2) is 6.16. The van der Waals surface area contributed by atoms with Gasteiger partial charge in [0.05, 0.1) is 5.69 Å². The van der Waals surface area contributed by atoms with E-state index in [0.717, 1.165) is 5.56 Å². The van der Waals surface area contributed by atoms with Crippen molar-refractivity contribution < 1.29 is 0 Å². The fourth-order valence-corrected chi connectivity index (χ4v) is 1.54. The highest BCUT2D eigenvalue weighted by atomic mass is 35.5. The molecule has 1 aromatic carbocycles. The molecule has 4 N–H and O–H groups in total. The van der Waals surface area contributed by atoms with Crippen LogP contribution in [0.15, 0.2) is 33.2 Å². The molecule has 0 heterocycles. The predicted molar refractivity (Wildman–Crippen MR) is 78.4 cm³/mol. The van der Waals surface area contributed by atoms with Gasteiger partial charge in [0, 0.05) is 19.1 Å². The second-order valence-electron chi connectivity index (χ2n) is 3.56. The summed E-state index contributed by atoms with van der Waals surface area (Å²) < 4.78 is 0. The molecule has 0 saturated carbocycles. The lowest BCUT2D eigenvalue weighted by Gasteiger charge is -2.06. The Morgan fingerprint density at radius 3 is 2.33 bits per heavy atom. The minimum absolute atomic E-state index is 0.214. The molecule has 0 radical (unpaired) electrons. The van der Waals surface area contributed by atoms with Crippen molar-refractivity contribution in [3.63, 3.8) is 0 Å². The Bertz CT molecular complexity index is 531. The van der Waals surface area contributed by atoms with Gasteiger partial charge in [0.15, 0.2) is 5.84 Å². The van der Waals surface area contributed by atoms with Gasteiger partial charge in [-0.25, -0.2) is 4.99 Å². The van der Waals surface area contributed by atoms with Gasteiger partial charge in [0.25, 0.3) is 0 Å². The Labute approximate surface area is 111 Å². The lowest BCUT2D eigenvalue weighted by atomic mass is 10.2. The van der Waals surface area contributed by atoms with Crippen molar-refractivity contribution in [1.82, 2.24) is 0 Å². The zero-order chi connectivity index (χ0) is 13.7. The molecule has 0 aliphatic carbocycles.